The fraction of sp³-hybridized carbons (Fsp3) is 0.286. The van der Waals surface area contributed by atoms with Crippen molar-refractivity contribution in [2.24, 2.45) is 0 Å². The SMILES string of the molecule is COCc1ncccc1F. The van der Waals surface area contributed by atoms with Crippen LogP contribution in [0.2, 0.25) is 0 Å². The molecule has 1 heterocycles. The van der Waals surface area contributed by atoms with Gasteiger partial charge in [-0.1, -0.05) is 0 Å². The third kappa shape index (κ3) is 1.51. The quantitative estimate of drug-likeness (QED) is 0.620. The Hall–Kier alpha value is -0.960. The first-order valence-electron chi connectivity index (χ1n) is 2.93. The van der Waals surface area contributed by atoms with Crippen LogP contribution in [0, 0.1) is 5.82 Å². The lowest BCUT2D eigenvalue weighted by Gasteiger charge is -1.97. The van der Waals surface area contributed by atoms with E-state index >= 15 is 0 Å². The summed E-state index contributed by atoms with van der Waals surface area (Å²) in [5.41, 5.74) is 0.352. The van der Waals surface area contributed by atoms with Crippen molar-refractivity contribution < 1.29 is 9.13 Å². The molecule has 1 aromatic heterocycles. The molecule has 0 saturated carbocycles. The normalized spacial score (nSPS) is 9.80. The molecule has 2 nitrogen and oxygen atoms in total. The van der Waals surface area contributed by atoms with Crippen molar-refractivity contribution in [1.82, 2.24) is 4.98 Å². The maximum absolute atomic E-state index is 12.6. The van der Waals surface area contributed by atoms with Crippen LogP contribution in [0.25, 0.3) is 0 Å². The Kier molecular flexibility index (Phi) is 2.34. The summed E-state index contributed by atoms with van der Waals surface area (Å²) in [6, 6.07) is 2.91. The highest BCUT2D eigenvalue weighted by molar-refractivity contribution is 5.05. The first-order chi connectivity index (χ1) is 4.84. The van der Waals surface area contributed by atoms with Crippen molar-refractivity contribution in [2.75, 3.05) is 7.11 Å². The van der Waals surface area contributed by atoms with Gasteiger partial charge >= 0.3 is 0 Å². The topological polar surface area (TPSA) is 22.1 Å². The second-order valence-corrected chi connectivity index (χ2v) is 1.86. The summed E-state index contributed by atoms with van der Waals surface area (Å²) in [6.07, 6.45) is 1.54. The van der Waals surface area contributed by atoms with Gasteiger partial charge in [-0.2, -0.15) is 0 Å². The second kappa shape index (κ2) is 3.27. The average Bonchev–Trinajstić information content (AvgIpc) is 1.94. The molecule has 0 atom stereocenters. The van der Waals surface area contributed by atoms with E-state index in [9.17, 15) is 4.39 Å². The molecule has 54 valence electrons. The van der Waals surface area contributed by atoms with Crippen molar-refractivity contribution in [2.45, 2.75) is 6.61 Å². The van der Waals surface area contributed by atoms with Crippen molar-refractivity contribution in [3.63, 3.8) is 0 Å². The summed E-state index contributed by atoms with van der Waals surface area (Å²) < 4.78 is 17.3. The summed E-state index contributed by atoms with van der Waals surface area (Å²) in [6.45, 7) is 0.229. The largest absolute Gasteiger partial charge is 0.378 e. The molecule has 0 fully saturated rings. The van der Waals surface area contributed by atoms with Crippen LogP contribution in [0.4, 0.5) is 4.39 Å². The maximum atomic E-state index is 12.6. The van der Waals surface area contributed by atoms with Crippen LogP contribution in [0.1, 0.15) is 5.69 Å². The third-order valence-corrected chi connectivity index (χ3v) is 1.12. The molecular weight excluding hydrogens is 133 g/mol. The highest BCUT2D eigenvalue weighted by Gasteiger charge is 1.98. The zero-order valence-corrected chi connectivity index (χ0v) is 5.67. The van der Waals surface area contributed by atoms with E-state index in [-0.39, 0.29) is 12.4 Å². The smallest absolute Gasteiger partial charge is 0.147 e. The number of methoxy groups -OCH3 is 1. The average molecular weight is 141 g/mol. The highest BCUT2D eigenvalue weighted by atomic mass is 19.1. The van der Waals surface area contributed by atoms with Gasteiger partial charge in [0.25, 0.3) is 0 Å². The van der Waals surface area contributed by atoms with E-state index in [1.54, 1.807) is 6.07 Å². The fourth-order valence-electron chi connectivity index (χ4n) is 0.661. The van der Waals surface area contributed by atoms with E-state index in [4.69, 9.17) is 4.74 Å². The molecule has 0 unspecified atom stereocenters. The molecule has 1 rings (SSSR count). The van der Waals surface area contributed by atoms with E-state index in [1.807, 2.05) is 0 Å². The van der Waals surface area contributed by atoms with Gasteiger partial charge in [0.1, 0.15) is 11.5 Å². The molecule has 0 aliphatic rings. The van der Waals surface area contributed by atoms with Gasteiger partial charge in [-0.05, 0) is 12.1 Å². The Morgan fingerprint density at radius 2 is 2.50 bits per heavy atom. The summed E-state index contributed by atoms with van der Waals surface area (Å²) >= 11 is 0. The first-order valence-corrected chi connectivity index (χ1v) is 2.93. The monoisotopic (exact) mass is 141 g/mol. The second-order valence-electron chi connectivity index (χ2n) is 1.86. The van der Waals surface area contributed by atoms with Crippen LogP contribution in [-0.2, 0) is 11.3 Å². The first kappa shape index (κ1) is 7.15. The van der Waals surface area contributed by atoms with Gasteiger partial charge in [0.05, 0.1) is 6.61 Å². The minimum atomic E-state index is -0.315. The zero-order chi connectivity index (χ0) is 7.40. The van der Waals surface area contributed by atoms with Gasteiger partial charge < -0.3 is 4.74 Å². The van der Waals surface area contributed by atoms with Crippen LogP contribution in [0.5, 0.6) is 0 Å². The molecule has 0 aliphatic heterocycles. The lowest BCUT2D eigenvalue weighted by molar-refractivity contribution is 0.177. The van der Waals surface area contributed by atoms with E-state index < -0.39 is 0 Å². The van der Waals surface area contributed by atoms with Crippen molar-refractivity contribution in [3.05, 3.63) is 29.8 Å². The summed E-state index contributed by atoms with van der Waals surface area (Å²) in [5, 5.41) is 0. The molecule has 3 heteroatoms. The van der Waals surface area contributed by atoms with Gasteiger partial charge in [0.2, 0.25) is 0 Å². The minimum absolute atomic E-state index is 0.229. The lowest BCUT2D eigenvalue weighted by atomic mass is 10.3. The standard InChI is InChI=1S/C7H8FNO/c1-10-5-7-6(8)3-2-4-9-7/h2-4H,5H2,1H3. The minimum Gasteiger partial charge on any atom is -0.378 e. The van der Waals surface area contributed by atoms with Crippen LogP contribution in [0.3, 0.4) is 0 Å². The van der Waals surface area contributed by atoms with E-state index in [0.717, 1.165) is 0 Å². The van der Waals surface area contributed by atoms with Gasteiger partial charge in [-0.3, -0.25) is 4.98 Å². The van der Waals surface area contributed by atoms with Crippen LogP contribution in [0.15, 0.2) is 18.3 Å². The highest BCUT2D eigenvalue weighted by Crippen LogP contribution is 2.02. The van der Waals surface area contributed by atoms with Crippen LogP contribution in [-0.4, -0.2) is 12.1 Å². The number of hydrogen-bond acceptors (Lipinski definition) is 2. The molecule has 0 radical (unpaired) electrons. The number of halogens is 1. The van der Waals surface area contributed by atoms with Crippen LogP contribution < -0.4 is 0 Å². The molecule has 0 N–H and O–H groups in total. The molecule has 0 spiro atoms. The van der Waals surface area contributed by atoms with Gasteiger partial charge in [0, 0.05) is 13.3 Å². The zero-order valence-electron chi connectivity index (χ0n) is 5.67. The van der Waals surface area contributed by atoms with Crippen molar-refractivity contribution >= 4 is 0 Å². The number of hydrogen-bond donors (Lipinski definition) is 0. The molecule has 10 heavy (non-hydrogen) atoms. The summed E-state index contributed by atoms with van der Waals surface area (Å²) in [5.74, 6) is -0.315. The van der Waals surface area contributed by atoms with Crippen LogP contribution >= 0.6 is 0 Å². The number of aromatic nitrogens is 1. The lowest BCUT2D eigenvalue weighted by Crippen LogP contribution is -1.94. The maximum Gasteiger partial charge on any atom is 0.147 e. The van der Waals surface area contributed by atoms with Gasteiger partial charge in [-0.25, -0.2) is 4.39 Å². The molecular formula is C7H8FNO. The Balaban J connectivity index is 2.81. The van der Waals surface area contributed by atoms with E-state index in [2.05, 4.69) is 4.98 Å². The molecule has 0 aromatic carbocycles. The third-order valence-electron chi connectivity index (χ3n) is 1.12. The summed E-state index contributed by atoms with van der Waals surface area (Å²) in [7, 11) is 1.51. The number of rotatable bonds is 2. The Bertz CT molecular complexity index is 215. The number of pyridine rings is 1. The predicted molar refractivity (Wildman–Crippen MR) is 34.9 cm³/mol. The van der Waals surface area contributed by atoms with Crippen molar-refractivity contribution in [3.8, 4) is 0 Å². The van der Waals surface area contributed by atoms with Gasteiger partial charge in [-0.15, -0.1) is 0 Å². The van der Waals surface area contributed by atoms with Crippen molar-refractivity contribution in [1.29, 1.82) is 0 Å². The number of nitrogens with zero attached hydrogens (tertiary/aromatic N) is 1. The molecule has 0 saturated heterocycles. The van der Waals surface area contributed by atoms with E-state index in [0.29, 0.717) is 5.69 Å². The van der Waals surface area contributed by atoms with Gasteiger partial charge in [0.15, 0.2) is 0 Å². The molecule has 0 amide bonds. The Labute approximate surface area is 58.7 Å². The molecule has 0 bridgehead atoms. The fourth-order valence-corrected chi connectivity index (χ4v) is 0.661. The Morgan fingerprint density at radius 1 is 1.70 bits per heavy atom. The molecule has 0 aliphatic carbocycles. The van der Waals surface area contributed by atoms with E-state index in [1.165, 1.54) is 19.4 Å². The number of ether oxygens (including phenoxy) is 1. The Morgan fingerprint density at radius 3 is 3.10 bits per heavy atom. The summed E-state index contributed by atoms with van der Waals surface area (Å²) in [4.78, 5) is 3.77. The predicted octanol–water partition coefficient (Wildman–Crippen LogP) is 1.37. The molecule has 1 aromatic rings.